The second-order valence-electron chi connectivity index (χ2n) is 7.00. The van der Waals surface area contributed by atoms with Gasteiger partial charge in [-0.15, -0.1) is 0 Å². The van der Waals surface area contributed by atoms with Gasteiger partial charge in [-0.2, -0.15) is 10.1 Å². The maximum atomic E-state index is 12.0. The molecule has 0 unspecified atom stereocenters. The lowest BCUT2D eigenvalue weighted by Gasteiger charge is -2.13. The van der Waals surface area contributed by atoms with Gasteiger partial charge in [0.25, 0.3) is 0 Å². The van der Waals surface area contributed by atoms with Gasteiger partial charge in [-0.1, -0.05) is 70.6 Å². The van der Waals surface area contributed by atoms with E-state index in [0.717, 1.165) is 31.4 Å². The normalized spacial score (nSPS) is 11.4. The van der Waals surface area contributed by atoms with E-state index in [9.17, 15) is 4.79 Å². The first-order chi connectivity index (χ1) is 14.2. The van der Waals surface area contributed by atoms with Crippen molar-refractivity contribution in [2.45, 2.75) is 65.2 Å². The third-order valence-electron chi connectivity index (χ3n) is 4.48. The molecule has 0 aliphatic carbocycles. The van der Waals surface area contributed by atoms with Crippen LogP contribution in [0.2, 0.25) is 0 Å². The quantitative estimate of drug-likeness (QED) is 0.445. The molecule has 1 amide bonds. The fraction of sp³-hybridized carbons (Fsp3) is 0.522. The molecule has 6 nitrogen and oxygen atoms in total. The van der Waals surface area contributed by atoms with Crippen LogP contribution in [0.1, 0.15) is 65.2 Å². The predicted molar refractivity (Wildman–Crippen MR) is 114 cm³/mol. The van der Waals surface area contributed by atoms with Crippen molar-refractivity contribution >= 4 is 6.09 Å². The molecule has 0 aliphatic rings. The van der Waals surface area contributed by atoms with Crippen molar-refractivity contribution in [1.82, 2.24) is 9.78 Å². The van der Waals surface area contributed by atoms with E-state index in [-0.39, 0.29) is 0 Å². The van der Waals surface area contributed by atoms with Crippen molar-refractivity contribution in [3.05, 3.63) is 48.0 Å². The second-order valence-corrected chi connectivity index (χ2v) is 7.00. The number of aromatic nitrogens is 2. The van der Waals surface area contributed by atoms with Crippen LogP contribution < -0.4 is 10.1 Å². The largest absolute Gasteiger partial charge is 0.478 e. The standard InChI is InChI=1S/C23H33N3O3/c1-3-5-7-8-9-13-17-29-23(27)25-20-18-22(28-16-6-4-2)26(24-19-20)21-14-11-10-12-15-21/h10-12,14-15,18-19H,3-9,13,16-17H2,1-2H3. The molecule has 0 radical (unpaired) electrons. The van der Waals surface area contributed by atoms with Crippen molar-refractivity contribution in [1.29, 1.82) is 0 Å². The summed E-state index contributed by atoms with van der Waals surface area (Å²) in [5, 5.41) is 4.84. The summed E-state index contributed by atoms with van der Waals surface area (Å²) in [6.45, 7) is 5.29. The minimum atomic E-state index is -0.586. The van der Waals surface area contributed by atoms with Crippen LogP contribution in [0.5, 0.6) is 5.88 Å². The Balaban J connectivity index is 2.00. The van der Waals surface area contributed by atoms with Crippen molar-refractivity contribution in [3.63, 3.8) is 0 Å². The Morgan fingerprint density at radius 3 is 2.45 bits per heavy atom. The first-order valence-corrected chi connectivity index (χ1v) is 10.7. The topological polar surface area (TPSA) is 65.7 Å². The van der Waals surface area contributed by atoms with Crippen molar-refractivity contribution in [2.75, 3.05) is 13.2 Å². The van der Waals surface area contributed by atoms with Gasteiger partial charge in [-0.05, 0) is 25.0 Å². The number of hydrogen-bond acceptors (Lipinski definition) is 4. The summed E-state index contributed by atoms with van der Waals surface area (Å²) < 4.78 is 12.8. The molecule has 0 N–H and O–H groups in total. The Kier molecular flexibility index (Phi) is 10.6. The van der Waals surface area contributed by atoms with Crippen LogP contribution in [0.25, 0.3) is 5.69 Å². The number of nitrogens with zero attached hydrogens (tertiary/aromatic N) is 3. The number of para-hydroxylation sites is 1. The Bertz CT molecular complexity index is 787. The van der Waals surface area contributed by atoms with Gasteiger partial charge in [0, 0.05) is 6.07 Å². The number of amides is 1. The summed E-state index contributed by atoms with van der Waals surface area (Å²) in [6.07, 6.45) is 9.81. The minimum Gasteiger partial charge on any atom is -0.478 e. The lowest BCUT2D eigenvalue weighted by molar-refractivity contribution is 0.154. The van der Waals surface area contributed by atoms with Gasteiger partial charge in [0.05, 0.1) is 30.5 Å². The molecule has 1 heterocycles. The Hall–Kier alpha value is -2.63. The smallest absolute Gasteiger partial charge is 0.434 e. The number of rotatable bonds is 12. The van der Waals surface area contributed by atoms with Crippen molar-refractivity contribution in [2.24, 2.45) is 4.99 Å². The molecule has 0 saturated heterocycles. The molecule has 1 aromatic carbocycles. The molecule has 0 spiro atoms. The molecular formula is C23H33N3O3. The van der Waals surface area contributed by atoms with E-state index < -0.39 is 6.09 Å². The van der Waals surface area contributed by atoms with Crippen molar-refractivity contribution in [3.8, 4) is 11.6 Å². The zero-order valence-corrected chi connectivity index (χ0v) is 17.7. The molecule has 6 heteroatoms. The molecule has 0 aliphatic heterocycles. The highest BCUT2D eigenvalue weighted by Gasteiger charge is 2.07. The van der Waals surface area contributed by atoms with Crippen LogP contribution >= 0.6 is 0 Å². The molecule has 2 rings (SSSR count). The van der Waals surface area contributed by atoms with E-state index in [4.69, 9.17) is 9.47 Å². The predicted octanol–water partition coefficient (Wildman–Crippen LogP) is 5.45. The van der Waals surface area contributed by atoms with E-state index in [2.05, 4.69) is 23.9 Å². The van der Waals surface area contributed by atoms with Crippen LogP contribution in [0.15, 0.2) is 47.6 Å². The fourth-order valence-electron chi connectivity index (χ4n) is 2.83. The summed E-state index contributed by atoms with van der Waals surface area (Å²) in [4.78, 5) is 16.0. The minimum absolute atomic E-state index is 0.401. The first kappa shape index (κ1) is 22.7. The molecular weight excluding hydrogens is 366 g/mol. The molecule has 1 aromatic heterocycles. The van der Waals surface area contributed by atoms with Gasteiger partial charge in [0.2, 0.25) is 5.88 Å². The van der Waals surface area contributed by atoms with E-state index in [0.29, 0.717) is 24.5 Å². The third kappa shape index (κ3) is 8.50. The maximum absolute atomic E-state index is 12.0. The fourth-order valence-corrected chi connectivity index (χ4v) is 2.83. The highest BCUT2D eigenvalue weighted by molar-refractivity contribution is 5.68. The van der Waals surface area contributed by atoms with Crippen LogP contribution in [-0.4, -0.2) is 29.1 Å². The summed E-state index contributed by atoms with van der Waals surface area (Å²) in [7, 11) is 0. The highest BCUT2D eigenvalue weighted by Crippen LogP contribution is 2.14. The Morgan fingerprint density at radius 1 is 0.966 bits per heavy atom. The van der Waals surface area contributed by atoms with Crippen LogP contribution in [0, 0.1) is 0 Å². The third-order valence-corrected chi connectivity index (χ3v) is 4.48. The van der Waals surface area contributed by atoms with Gasteiger partial charge < -0.3 is 9.47 Å². The summed E-state index contributed by atoms with van der Waals surface area (Å²) in [5.41, 5.74) is 0.885. The zero-order valence-electron chi connectivity index (χ0n) is 17.7. The number of hydrogen-bond donors (Lipinski definition) is 0. The highest BCUT2D eigenvalue weighted by atomic mass is 16.5. The lowest BCUT2D eigenvalue weighted by Crippen LogP contribution is -2.16. The number of carbonyl (C=O) groups excluding carboxylic acids is 1. The molecule has 29 heavy (non-hydrogen) atoms. The van der Waals surface area contributed by atoms with Gasteiger partial charge in [0.15, 0.2) is 0 Å². The van der Waals surface area contributed by atoms with Crippen LogP contribution in [0.4, 0.5) is 4.79 Å². The second kappa shape index (κ2) is 13.5. The average Bonchev–Trinajstić information content (AvgIpc) is 2.74. The number of unbranched alkanes of at least 4 members (excludes halogenated alkanes) is 6. The molecule has 0 atom stereocenters. The van der Waals surface area contributed by atoms with Gasteiger partial charge in [-0.3, -0.25) is 0 Å². The van der Waals surface area contributed by atoms with Crippen molar-refractivity contribution < 1.29 is 14.3 Å². The lowest BCUT2D eigenvalue weighted by atomic mass is 10.1. The zero-order chi connectivity index (χ0) is 20.7. The molecule has 158 valence electrons. The monoisotopic (exact) mass is 399 g/mol. The molecule has 0 saturated carbocycles. The summed E-state index contributed by atoms with van der Waals surface area (Å²) in [6, 6.07) is 11.5. The van der Waals surface area contributed by atoms with E-state index in [1.54, 1.807) is 16.9 Å². The Labute approximate surface area is 173 Å². The van der Waals surface area contributed by atoms with E-state index in [1.807, 2.05) is 30.3 Å². The SMILES string of the molecule is CCCCCCCCOC(=O)N=c1cnn(-c2ccccc2)c(OCCCC)c1. The number of ether oxygens (including phenoxy) is 2. The average molecular weight is 400 g/mol. The molecule has 0 bridgehead atoms. The van der Waals surface area contributed by atoms with Gasteiger partial charge in [0.1, 0.15) is 0 Å². The number of benzene rings is 1. The van der Waals surface area contributed by atoms with Crippen LogP contribution in [0.3, 0.4) is 0 Å². The first-order valence-electron chi connectivity index (χ1n) is 10.7. The molecule has 2 aromatic rings. The maximum Gasteiger partial charge on any atom is 0.434 e. The Morgan fingerprint density at radius 2 is 1.69 bits per heavy atom. The summed E-state index contributed by atoms with van der Waals surface area (Å²) >= 11 is 0. The van der Waals surface area contributed by atoms with Gasteiger partial charge >= 0.3 is 6.09 Å². The van der Waals surface area contributed by atoms with Gasteiger partial charge in [-0.25, -0.2) is 9.48 Å². The summed E-state index contributed by atoms with van der Waals surface area (Å²) in [5.74, 6) is 0.551. The van der Waals surface area contributed by atoms with Crippen LogP contribution in [-0.2, 0) is 4.74 Å². The number of carbonyl (C=O) groups is 1. The van der Waals surface area contributed by atoms with E-state index in [1.165, 1.54) is 25.7 Å². The molecule has 0 fully saturated rings. The van der Waals surface area contributed by atoms with E-state index >= 15 is 0 Å².